The van der Waals surface area contributed by atoms with Crippen molar-refractivity contribution < 1.29 is 4.79 Å². The van der Waals surface area contributed by atoms with E-state index in [4.69, 9.17) is 0 Å². The van der Waals surface area contributed by atoms with Crippen molar-refractivity contribution in [3.63, 3.8) is 0 Å². The summed E-state index contributed by atoms with van der Waals surface area (Å²) < 4.78 is 0. The summed E-state index contributed by atoms with van der Waals surface area (Å²) in [4.78, 5) is 20.4. The molecular weight excluding hydrogens is 258 g/mol. The second kappa shape index (κ2) is 7.48. The van der Waals surface area contributed by atoms with Gasteiger partial charge in [0.1, 0.15) is 0 Å². The van der Waals surface area contributed by atoms with Crippen molar-refractivity contribution in [2.24, 2.45) is 0 Å². The molecule has 1 fully saturated rings. The van der Waals surface area contributed by atoms with Gasteiger partial charge < -0.3 is 5.32 Å². The second-order valence-electron chi connectivity index (χ2n) is 4.99. The largest absolute Gasteiger partial charge is 0.352 e. The van der Waals surface area contributed by atoms with Crippen LogP contribution in [-0.4, -0.2) is 27.2 Å². The average Bonchev–Trinajstić information content (AvgIpc) is 2.68. The molecule has 0 saturated heterocycles. The zero-order valence-corrected chi connectivity index (χ0v) is 12.2. The predicted molar refractivity (Wildman–Crippen MR) is 77.0 cm³/mol. The van der Waals surface area contributed by atoms with E-state index in [0.717, 1.165) is 12.8 Å². The number of carbonyl (C=O) groups is 1. The fourth-order valence-electron chi connectivity index (χ4n) is 2.30. The fourth-order valence-corrected chi connectivity index (χ4v) is 3.03. The van der Waals surface area contributed by atoms with Crippen molar-refractivity contribution in [3.8, 4) is 0 Å². The van der Waals surface area contributed by atoms with E-state index in [-0.39, 0.29) is 11.2 Å². The van der Waals surface area contributed by atoms with Crippen molar-refractivity contribution in [2.45, 2.75) is 61.9 Å². The van der Waals surface area contributed by atoms with Crippen molar-refractivity contribution in [2.75, 3.05) is 0 Å². The number of carbonyl (C=O) groups excluding carboxylic acids is 1. The molecule has 19 heavy (non-hydrogen) atoms. The molecule has 5 heteroatoms. The number of thioether (sulfide) groups is 1. The van der Waals surface area contributed by atoms with Crippen molar-refractivity contribution in [3.05, 3.63) is 18.5 Å². The lowest BCUT2D eigenvalue weighted by atomic mass is 10.1. The van der Waals surface area contributed by atoms with E-state index < -0.39 is 0 Å². The zero-order chi connectivity index (χ0) is 13.5. The number of rotatable bonds is 4. The van der Waals surface area contributed by atoms with E-state index in [9.17, 15) is 4.79 Å². The molecule has 0 bridgehead atoms. The summed E-state index contributed by atoms with van der Waals surface area (Å²) in [6, 6.07) is 2.13. The van der Waals surface area contributed by atoms with Gasteiger partial charge in [-0.25, -0.2) is 9.97 Å². The summed E-state index contributed by atoms with van der Waals surface area (Å²) in [5.74, 6) is 0.101. The number of hydrogen-bond donors (Lipinski definition) is 1. The Bertz CT molecular complexity index is 391. The van der Waals surface area contributed by atoms with Gasteiger partial charge in [0.05, 0.1) is 5.25 Å². The quantitative estimate of drug-likeness (QED) is 0.523. The summed E-state index contributed by atoms with van der Waals surface area (Å²) in [5, 5.41) is 3.67. The Hall–Kier alpha value is -1.10. The van der Waals surface area contributed by atoms with Gasteiger partial charge in [0.2, 0.25) is 5.91 Å². The van der Waals surface area contributed by atoms with Gasteiger partial charge in [-0.3, -0.25) is 4.79 Å². The van der Waals surface area contributed by atoms with Gasteiger partial charge in [0.25, 0.3) is 0 Å². The summed E-state index contributed by atoms with van der Waals surface area (Å²) in [7, 11) is 0. The molecule has 0 radical (unpaired) electrons. The highest BCUT2D eigenvalue weighted by Gasteiger charge is 2.20. The number of hydrogen-bond acceptors (Lipinski definition) is 4. The van der Waals surface area contributed by atoms with Crippen LogP contribution < -0.4 is 5.32 Å². The number of aromatic nitrogens is 2. The van der Waals surface area contributed by atoms with Crippen LogP contribution in [0.1, 0.15) is 45.4 Å². The number of nitrogens with zero attached hydrogens (tertiary/aromatic N) is 2. The van der Waals surface area contributed by atoms with E-state index in [1.807, 2.05) is 6.92 Å². The molecule has 1 atom stereocenters. The summed E-state index contributed by atoms with van der Waals surface area (Å²) in [6.07, 6.45) is 10.7. The monoisotopic (exact) mass is 279 g/mol. The highest BCUT2D eigenvalue weighted by molar-refractivity contribution is 8.00. The molecule has 1 aromatic heterocycles. The van der Waals surface area contributed by atoms with Gasteiger partial charge in [-0.15, -0.1) is 0 Å². The Labute approximate surface area is 118 Å². The molecule has 1 unspecified atom stereocenters. The SMILES string of the molecule is CC(Sc1ncccn1)C(=O)NC1CCCCCC1. The Morgan fingerprint density at radius 3 is 2.53 bits per heavy atom. The Kier molecular flexibility index (Phi) is 5.63. The predicted octanol–water partition coefficient (Wildman–Crippen LogP) is 2.80. The smallest absolute Gasteiger partial charge is 0.233 e. The minimum absolute atomic E-state index is 0.101. The Morgan fingerprint density at radius 1 is 1.26 bits per heavy atom. The molecule has 4 nitrogen and oxygen atoms in total. The molecule has 1 amide bonds. The maximum atomic E-state index is 12.1. The first kappa shape index (κ1) is 14.3. The zero-order valence-electron chi connectivity index (χ0n) is 11.3. The topological polar surface area (TPSA) is 54.9 Å². The van der Waals surface area contributed by atoms with Crippen LogP contribution in [-0.2, 0) is 4.79 Å². The minimum Gasteiger partial charge on any atom is -0.352 e. The molecule has 1 aliphatic carbocycles. The van der Waals surface area contributed by atoms with Gasteiger partial charge in [-0.2, -0.15) is 0 Å². The maximum absolute atomic E-state index is 12.1. The summed E-state index contributed by atoms with van der Waals surface area (Å²) in [6.45, 7) is 1.91. The highest BCUT2D eigenvalue weighted by Crippen LogP contribution is 2.21. The van der Waals surface area contributed by atoms with Gasteiger partial charge in [-0.1, -0.05) is 37.4 Å². The fraction of sp³-hybridized carbons (Fsp3) is 0.643. The number of nitrogens with one attached hydrogen (secondary N) is 1. The third kappa shape index (κ3) is 4.82. The first-order valence-corrected chi connectivity index (χ1v) is 7.88. The molecule has 0 aliphatic heterocycles. The molecule has 1 aliphatic rings. The number of amides is 1. The van der Waals surface area contributed by atoms with Crippen LogP contribution >= 0.6 is 11.8 Å². The molecule has 2 rings (SSSR count). The van der Waals surface area contributed by atoms with Gasteiger partial charge in [-0.05, 0) is 25.8 Å². The molecule has 1 saturated carbocycles. The van der Waals surface area contributed by atoms with Crippen LogP contribution in [0.3, 0.4) is 0 Å². The molecular formula is C14H21N3OS. The van der Waals surface area contributed by atoms with Gasteiger partial charge in [0.15, 0.2) is 5.16 Å². The molecule has 104 valence electrons. The van der Waals surface area contributed by atoms with E-state index in [1.165, 1.54) is 37.4 Å². The van der Waals surface area contributed by atoms with E-state index in [0.29, 0.717) is 11.2 Å². The maximum Gasteiger partial charge on any atom is 0.233 e. The standard InChI is InChI=1S/C14H21N3OS/c1-11(19-14-15-9-6-10-16-14)13(18)17-12-7-4-2-3-5-8-12/h6,9-12H,2-5,7-8H2,1H3,(H,17,18). The summed E-state index contributed by atoms with van der Waals surface area (Å²) in [5.41, 5.74) is 0. The molecule has 1 heterocycles. The molecule has 0 aromatic carbocycles. The lowest BCUT2D eigenvalue weighted by Gasteiger charge is -2.18. The Balaban J connectivity index is 1.81. The molecule has 1 aromatic rings. The van der Waals surface area contributed by atoms with Crippen LogP contribution in [0.2, 0.25) is 0 Å². The summed E-state index contributed by atoms with van der Waals surface area (Å²) >= 11 is 1.41. The lowest BCUT2D eigenvalue weighted by Crippen LogP contribution is -2.39. The molecule has 1 N–H and O–H groups in total. The first-order chi connectivity index (χ1) is 9.25. The van der Waals surface area contributed by atoms with E-state index in [1.54, 1.807) is 18.5 Å². The first-order valence-electron chi connectivity index (χ1n) is 7.00. The van der Waals surface area contributed by atoms with Gasteiger partial charge >= 0.3 is 0 Å². The third-order valence-electron chi connectivity index (χ3n) is 3.40. The van der Waals surface area contributed by atoms with Crippen LogP contribution in [0.15, 0.2) is 23.6 Å². The van der Waals surface area contributed by atoms with Gasteiger partial charge in [0, 0.05) is 18.4 Å². The van der Waals surface area contributed by atoms with Crippen LogP contribution in [0, 0.1) is 0 Å². The van der Waals surface area contributed by atoms with Crippen LogP contribution in [0.5, 0.6) is 0 Å². The third-order valence-corrected chi connectivity index (χ3v) is 4.38. The average molecular weight is 279 g/mol. The highest BCUT2D eigenvalue weighted by atomic mass is 32.2. The van der Waals surface area contributed by atoms with Crippen LogP contribution in [0.25, 0.3) is 0 Å². The minimum atomic E-state index is -0.148. The van der Waals surface area contributed by atoms with E-state index >= 15 is 0 Å². The van der Waals surface area contributed by atoms with Crippen molar-refractivity contribution in [1.29, 1.82) is 0 Å². The Morgan fingerprint density at radius 2 is 1.89 bits per heavy atom. The molecule has 0 spiro atoms. The van der Waals surface area contributed by atoms with Crippen molar-refractivity contribution in [1.82, 2.24) is 15.3 Å². The van der Waals surface area contributed by atoms with Crippen molar-refractivity contribution >= 4 is 17.7 Å². The normalized spacial score (nSPS) is 18.6. The van der Waals surface area contributed by atoms with Crippen LogP contribution in [0.4, 0.5) is 0 Å². The lowest BCUT2D eigenvalue weighted by molar-refractivity contribution is -0.121. The van der Waals surface area contributed by atoms with E-state index in [2.05, 4.69) is 15.3 Å². The second-order valence-corrected chi connectivity index (χ2v) is 6.30.